The zero-order chi connectivity index (χ0) is 20.0. The highest BCUT2D eigenvalue weighted by atomic mass is 35.5. The largest absolute Gasteiger partial charge is 0.375 e. The predicted molar refractivity (Wildman–Crippen MR) is 120 cm³/mol. The molecule has 0 bridgehead atoms. The van der Waals surface area contributed by atoms with Gasteiger partial charge in [0.05, 0.1) is 0 Å². The average molecular weight is 427 g/mol. The molecule has 1 atom stereocenters. The number of hydrogen-bond donors (Lipinski definition) is 2. The fourth-order valence-corrected chi connectivity index (χ4v) is 4.65. The maximum absolute atomic E-state index is 12.4. The summed E-state index contributed by atoms with van der Waals surface area (Å²) in [5, 5.41) is 4.79. The molecule has 158 valence electrons. The number of nitrogens with zero attached hydrogens (tertiary/aromatic N) is 2. The number of benzene rings is 1. The van der Waals surface area contributed by atoms with E-state index < -0.39 is 0 Å². The van der Waals surface area contributed by atoms with Gasteiger partial charge in [0.2, 0.25) is 5.91 Å². The SMILES string of the molecule is COCC(=O)N1Cc2cc(-c3cnc4[nH]cc(C)c4c3)cc([C@@H]3CCCN3)c2C1.Cl. The number of pyridine rings is 1. The van der Waals surface area contributed by atoms with Gasteiger partial charge in [0.25, 0.3) is 0 Å². The monoisotopic (exact) mass is 426 g/mol. The van der Waals surface area contributed by atoms with Gasteiger partial charge in [-0.3, -0.25) is 4.79 Å². The smallest absolute Gasteiger partial charge is 0.249 e. The molecule has 0 radical (unpaired) electrons. The third-order valence-electron chi connectivity index (χ3n) is 6.21. The summed E-state index contributed by atoms with van der Waals surface area (Å²) in [5.41, 5.74) is 8.26. The number of hydrogen-bond acceptors (Lipinski definition) is 4. The Labute approximate surface area is 182 Å². The van der Waals surface area contributed by atoms with E-state index in [2.05, 4.69) is 40.4 Å². The van der Waals surface area contributed by atoms with Crippen LogP contribution in [-0.2, 0) is 22.6 Å². The van der Waals surface area contributed by atoms with Crippen LogP contribution in [0.15, 0.2) is 30.6 Å². The average Bonchev–Trinajstić information content (AvgIpc) is 3.47. The standard InChI is InChI=1S/C23H26N4O2.ClH/c1-14-9-25-23-18(14)8-16(10-26-23)15-6-17-11-27(22(28)13-29-2)12-20(17)19(7-15)21-4-3-5-24-21;/h6-10,21,24H,3-5,11-13H2,1-2H3,(H,25,26);1H/t21-;/m0./s1. The van der Waals surface area contributed by atoms with Gasteiger partial charge in [-0.1, -0.05) is 0 Å². The molecule has 2 N–H and O–H groups in total. The van der Waals surface area contributed by atoms with Crippen LogP contribution < -0.4 is 5.32 Å². The van der Waals surface area contributed by atoms with Crippen LogP contribution in [0.5, 0.6) is 0 Å². The molecule has 4 heterocycles. The Morgan fingerprint density at radius 1 is 1.27 bits per heavy atom. The summed E-state index contributed by atoms with van der Waals surface area (Å²) in [6, 6.07) is 7.10. The van der Waals surface area contributed by atoms with Crippen LogP contribution in [0.25, 0.3) is 22.2 Å². The number of aryl methyl sites for hydroxylation is 1. The number of rotatable bonds is 4. The second-order valence-electron chi connectivity index (χ2n) is 8.13. The maximum atomic E-state index is 12.4. The van der Waals surface area contributed by atoms with E-state index in [0.29, 0.717) is 19.1 Å². The van der Waals surface area contributed by atoms with Gasteiger partial charge in [-0.05, 0) is 72.3 Å². The molecular formula is C23H27ClN4O2. The zero-order valence-corrected chi connectivity index (χ0v) is 18.1. The molecule has 3 aromatic rings. The number of amides is 1. The van der Waals surface area contributed by atoms with Crippen molar-refractivity contribution < 1.29 is 9.53 Å². The summed E-state index contributed by atoms with van der Waals surface area (Å²) in [6.07, 6.45) is 6.26. The Kier molecular flexibility index (Phi) is 5.82. The first-order valence-corrected chi connectivity index (χ1v) is 10.2. The number of aromatic amines is 1. The van der Waals surface area contributed by atoms with E-state index in [1.54, 1.807) is 7.11 Å². The minimum absolute atomic E-state index is 0. The molecule has 6 nitrogen and oxygen atoms in total. The minimum atomic E-state index is 0. The molecule has 1 amide bonds. The Morgan fingerprint density at radius 2 is 2.13 bits per heavy atom. The van der Waals surface area contributed by atoms with Crippen molar-refractivity contribution in [3.63, 3.8) is 0 Å². The van der Waals surface area contributed by atoms with Gasteiger partial charge in [-0.15, -0.1) is 12.4 Å². The van der Waals surface area contributed by atoms with E-state index in [4.69, 9.17) is 4.74 Å². The first-order valence-electron chi connectivity index (χ1n) is 10.2. The number of aromatic nitrogens is 2. The van der Waals surface area contributed by atoms with E-state index in [1.807, 2.05) is 17.3 Å². The van der Waals surface area contributed by atoms with E-state index in [-0.39, 0.29) is 24.9 Å². The lowest BCUT2D eigenvalue weighted by atomic mass is 9.91. The van der Waals surface area contributed by atoms with Crippen LogP contribution in [0, 0.1) is 6.92 Å². The Bertz CT molecular complexity index is 1090. The highest BCUT2D eigenvalue weighted by Crippen LogP contribution is 2.37. The van der Waals surface area contributed by atoms with Gasteiger partial charge in [0.1, 0.15) is 12.3 Å². The fourth-order valence-electron chi connectivity index (χ4n) is 4.65. The lowest BCUT2D eigenvalue weighted by molar-refractivity contribution is -0.135. The van der Waals surface area contributed by atoms with Crippen molar-refractivity contribution in [1.82, 2.24) is 20.2 Å². The minimum Gasteiger partial charge on any atom is -0.375 e. The molecule has 0 spiro atoms. The third-order valence-corrected chi connectivity index (χ3v) is 6.21. The molecular weight excluding hydrogens is 400 g/mol. The molecule has 7 heteroatoms. The number of halogens is 1. The van der Waals surface area contributed by atoms with Crippen molar-refractivity contribution in [2.45, 2.75) is 38.9 Å². The van der Waals surface area contributed by atoms with Crippen LogP contribution in [0.3, 0.4) is 0 Å². The van der Waals surface area contributed by atoms with Crippen molar-refractivity contribution in [2.24, 2.45) is 0 Å². The molecule has 2 aromatic heterocycles. The predicted octanol–water partition coefficient (Wildman–Crippen LogP) is 3.87. The summed E-state index contributed by atoms with van der Waals surface area (Å²) in [5.74, 6) is 0.0432. The highest BCUT2D eigenvalue weighted by Gasteiger charge is 2.29. The Balaban J connectivity index is 0.00000218. The summed E-state index contributed by atoms with van der Waals surface area (Å²) in [4.78, 5) is 22.2. The Hall–Kier alpha value is -2.41. The summed E-state index contributed by atoms with van der Waals surface area (Å²) in [7, 11) is 1.57. The number of H-pyrrole nitrogens is 1. The number of carbonyl (C=O) groups excluding carboxylic acids is 1. The summed E-state index contributed by atoms with van der Waals surface area (Å²) < 4.78 is 5.07. The number of nitrogens with one attached hydrogen (secondary N) is 2. The highest BCUT2D eigenvalue weighted by molar-refractivity contribution is 5.85. The van der Waals surface area contributed by atoms with Crippen LogP contribution >= 0.6 is 12.4 Å². The van der Waals surface area contributed by atoms with Gasteiger partial charge in [0.15, 0.2) is 0 Å². The first-order chi connectivity index (χ1) is 14.1. The zero-order valence-electron chi connectivity index (χ0n) is 17.3. The topological polar surface area (TPSA) is 70.2 Å². The first kappa shape index (κ1) is 20.8. The lowest BCUT2D eigenvalue weighted by Crippen LogP contribution is -2.28. The van der Waals surface area contributed by atoms with Crippen molar-refractivity contribution in [1.29, 1.82) is 0 Å². The molecule has 1 aromatic carbocycles. The summed E-state index contributed by atoms with van der Waals surface area (Å²) >= 11 is 0. The molecule has 30 heavy (non-hydrogen) atoms. The molecule has 0 unspecified atom stereocenters. The van der Waals surface area contributed by atoms with Gasteiger partial charge < -0.3 is 19.9 Å². The van der Waals surface area contributed by atoms with Gasteiger partial charge >= 0.3 is 0 Å². The molecule has 0 saturated carbocycles. The molecule has 1 saturated heterocycles. The van der Waals surface area contributed by atoms with Crippen LogP contribution in [0.4, 0.5) is 0 Å². The number of ether oxygens (including phenoxy) is 1. The quantitative estimate of drug-likeness (QED) is 0.664. The van der Waals surface area contributed by atoms with Crippen molar-refractivity contribution >= 4 is 29.3 Å². The Morgan fingerprint density at radius 3 is 2.90 bits per heavy atom. The molecule has 1 fully saturated rings. The normalized spacial score (nSPS) is 17.9. The molecule has 0 aliphatic carbocycles. The third kappa shape index (κ3) is 3.60. The number of carbonyl (C=O) groups is 1. The van der Waals surface area contributed by atoms with Crippen LogP contribution in [0.1, 0.15) is 41.1 Å². The van der Waals surface area contributed by atoms with Gasteiger partial charge in [0, 0.05) is 49.6 Å². The van der Waals surface area contributed by atoms with Gasteiger partial charge in [-0.2, -0.15) is 0 Å². The molecule has 2 aliphatic rings. The number of fused-ring (bicyclic) bond motifs is 2. The van der Waals surface area contributed by atoms with Crippen molar-refractivity contribution in [2.75, 3.05) is 20.3 Å². The van der Waals surface area contributed by atoms with Crippen LogP contribution in [-0.4, -0.2) is 41.0 Å². The van der Waals surface area contributed by atoms with E-state index in [1.165, 1.54) is 34.2 Å². The maximum Gasteiger partial charge on any atom is 0.249 e. The van der Waals surface area contributed by atoms with Crippen LogP contribution in [0.2, 0.25) is 0 Å². The van der Waals surface area contributed by atoms with E-state index in [0.717, 1.165) is 29.6 Å². The lowest BCUT2D eigenvalue weighted by Gasteiger charge is -2.18. The molecule has 2 aliphatic heterocycles. The second kappa shape index (κ2) is 8.38. The summed E-state index contributed by atoms with van der Waals surface area (Å²) in [6.45, 7) is 4.58. The van der Waals surface area contributed by atoms with Crippen molar-refractivity contribution in [3.05, 3.63) is 52.8 Å². The van der Waals surface area contributed by atoms with Gasteiger partial charge in [-0.25, -0.2) is 4.98 Å². The number of methoxy groups -OCH3 is 1. The van der Waals surface area contributed by atoms with E-state index in [9.17, 15) is 4.79 Å². The van der Waals surface area contributed by atoms with Crippen molar-refractivity contribution in [3.8, 4) is 11.1 Å². The molecule has 5 rings (SSSR count). The fraction of sp³-hybridized carbons (Fsp3) is 0.391. The van der Waals surface area contributed by atoms with E-state index >= 15 is 0 Å². The second-order valence-corrected chi connectivity index (χ2v) is 8.13.